The monoisotopic (exact) mass is 249 g/mol. The Morgan fingerprint density at radius 2 is 2.12 bits per heavy atom. The van der Waals surface area contributed by atoms with Crippen molar-refractivity contribution in [2.75, 3.05) is 5.75 Å². The van der Waals surface area contributed by atoms with Crippen molar-refractivity contribution < 1.29 is 13.2 Å². The molecule has 2 nitrogen and oxygen atoms in total. The first-order valence-electron chi connectivity index (χ1n) is 4.79. The van der Waals surface area contributed by atoms with E-state index < -0.39 is 17.3 Å². The van der Waals surface area contributed by atoms with E-state index in [-0.39, 0.29) is 11.5 Å². The molecular weight excluding hydrogens is 239 g/mol. The highest BCUT2D eigenvalue weighted by Gasteiger charge is 2.36. The zero-order valence-corrected chi connectivity index (χ0v) is 9.58. The van der Waals surface area contributed by atoms with Crippen molar-refractivity contribution in [3.8, 4) is 0 Å². The second-order valence-corrected chi connectivity index (χ2v) is 4.86. The van der Waals surface area contributed by atoms with E-state index in [1.165, 1.54) is 22.8 Å². The van der Waals surface area contributed by atoms with Crippen LogP contribution in [0.25, 0.3) is 0 Å². The largest absolute Gasteiger partial charge is 0.416 e. The molecule has 2 rings (SSSR count). The summed E-state index contributed by atoms with van der Waals surface area (Å²) in [7, 11) is 0. The highest BCUT2D eigenvalue weighted by molar-refractivity contribution is 7.98. The maximum Gasteiger partial charge on any atom is 0.416 e. The van der Waals surface area contributed by atoms with Crippen molar-refractivity contribution in [1.29, 1.82) is 0 Å². The van der Waals surface area contributed by atoms with E-state index in [2.05, 4.69) is 0 Å². The predicted molar refractivity (Wildman–Crippen MR) is 56.7 cm³/mol. The molecule has 0 amide bonds. The van der Waals surface area contributed by atoms with Gasteiger partial charge < -0.3 is 0 Å². The second-order valence-electron chi connectivity index (χ2n) is 3.90. The van der Waals surface area contributed by atoms with Crippen LogP contribution in [0.1, 0.15) is 29.7 Å². The minimum Gasteiger partial charge on any atom is -0.268 e. The summed E-state index contributed by atoms with van der Waals surface area (Å²) in [5.74, 6) is 0.634. The molecule has 0 saturated heterocycles. The molecule has 88 valence electrons. The maximum atomic E-state index is 12.7. The highest BCUT2D eigenvalue weighted by Crippen LogP contribution is 2.36. The van der Waals surface area contributed by atoms with Crippen LogP contribution in [0, 0.1) is 6.92 Å². The first-order valence-corrected chi connectivity index (χ1v) is 5.73. The summed E-state index contributed by atoms with van der Waals surface area (Å²) < 4.78 is 39.4. The Balaban J connectivity index is 2.72. The number of aromatic nitrogens is 1. The van der Waals surface area contributed by atoms with Gasteiger partial charge in [0.15, 0.2) is 0 Å². The number of nitrogens with zero attached hydrogens (tertiary/aromatic N) is 1. The maximum absolute atomic E-state index is 12.7. The Bertz CT molecular complexity index is 492. The average Bonchev–Trinajstić information content (AvgIpc) is 2.52. The van der Waals surface area contributed by atoms with E-state index in [1.807, 2.05) is 6.92 Å². The first-order chi connectivity index (χ1) is 7.32. The van der Waals surface area contributed by atoms with Gasteiger partial charge in [-0.3, -0.25) is 8.77 Å². The van der Waals surface area contributed by atoms with E-state index >= 15 is 0 Å². The summed E-state index contributed by atoms with van der Waals surface area (Å²) in [6.45, 7) is 3.04. The summed E-state index contributed by atoms with van der Waals surface area (Å²) in [6.07, 6.45) is -4.45. The quantitative estimate of drug-likeness (QED) is 0.705. The van der Waals surface area contributed by atoms with Gasteiger partial charge in [0.25, 0.3) is 5.56 Å². The van der Waals surface area contributed by atoms with Gasteiger partial charge in [-0.05, 0) is 24.9 Å². The van der Waals surface area contributed by atoms with Crippen LogP contribution in [0.15, 0.2) is 10.9 Å². The third-order valence-corrected chi connectivity index (χ3v) is 3.98. The molecule has 0 aromatic carbocycles. The Labute approximate surface area is 94.6 Å². The number of halogens is 3. The molecule has 1 unspecified atom stereocenters. The molecule has 0 fully saturated rings. The Morgan fingerprint density at radius 3 is 2.69 bits per heavy atom. The fourth-order valence-corrected chi connectivity index (χ4v) is 2.92. The molecule has 1 aliphatic rings. The second kappa shape index (κ2) is 3.55. The molecule has 0 radical (unpaired) electrons. The summed E-state index contributed by atoms with van der Waals surface area (Å²) >= 11 is 1.27. The third kappa shape index (κ3) is 1.65. The fourth-order valence-electron chi connectivity index (χ4n) is 1.74. The van der Waals surface area contributed by atoms with Gasteiger partial charge >= 0.3 is 6.18 Å². The normalized spacial score (nSPS) is 19.9. The van der Waals surface area contributed by atoms with E-state index in [0.29, 0.717) is 11.4 Å². The molecular formula is C10H10F3NOS. The molecule has 0 spiro atoms. The lowest BCUT2D eigenvalue weighted by Crippen LogP contribution is -2.24. The third-order valence-electron chi connectivity index (χ3n) is 2.70. The molecule has 1 aromatic heterocycles. The zero-order chi connectivity index (χ0) is 12.1. The van der Waals surface area contributed by atoms with Crippen LogP contribution in [0.2, 0.25) is 0 Å². The number of hydrogen-bond donors (Lipinski definition) is 0. The lowest BCUT2D eigenvalue weighted by Gasteiger charge is -2.13. The van der Waals surface area contributed by atoms with E-state index in [1.54, 1.807) is 0 Å². The molecule has 6 heteroatoms. The van der Waals surface area contributed by atoms with Crippen LogP contribution in [-0.2, 0) is 6.18 Å². The van der Waals surface area contributed by atoms with Gasteiger partial charge in [0, 0.05) is 22.9 Å². The topological polar surface area (TPSA) is 22.0 Å². The molecule has 0 N–H and O–H groups in total. The summed E-state index contributed by atoms with van der Waals surface area (Å²) in [5, 5.41) is 0. The minimum atomic E-state index is -4.45. The number of rotatable bonds is 0. The van der Waals surface area contributed by atoms with E-state index in [4.69, 9.17) is 0 Å². The number of alkyl halides is 3. The van der Waals surface area contributed by atoms with Gasteiger partial charge in [-0.2, -0.15) is 13.2 Å². The van der Waals surface area contributed by atoms with Crippen LogP contribution in [0.4, 0.5) is 13.2 Å². The number of hydrogen-bond acceptors (Lipinski definition) is 2. The van der Waals surface area contributed by atoms with E-state index in [9.17, 15) is 18.0 Å². The molecule has 16 heavy (non-hydrogen) atoms. The van der Waals surface area contributed by atoms with E-state index in [0.717, 1.165) is 6.07 Å². The van der Waals surface area contributed by atoms with Crippen LogP contribution in [0.3, 0.4) is 0 Å². The molecule has 0 saturated carbocycles. The average molecular weight is 249 g/mol. The number of pyridine rings is 1. The lowest BCUT2D eigenvalue weighted by molar-refractivity contribution is -0.138. The van der Waals surface area contributed by atoms with Crippen LogP contribution < -0.4 is 5.56 Å². The molecule has 1 aliphatic heterocycles. The lowest BCUT2D eigenvalue weighted by atomic mass is 10.0. The standard InChI is InChI=1S/C10H10F3NOS/c1-5-4-16-14-8(5)3-7(10(11,12)13)6(2)9(14)15/h3,5H,4H2,1-2H3. The zero-order valence-electron chi connectivity index (χ0n) is 8.76. The Morgan fingerprint density at radius 1 is 1.50 bits per heavy atom. The molecule has 0 aliphatic carbocycles. The Kier molecular flexibility index (Phi) is 2.57. The van der Waals surface area contributed by atoms with Gasteiger partial charge in [-0.15, -0.1) is 0 Å². The summed E-state index contributed by atoms with van der Waals surface area (Å²) in [4.78, 5) is 11.7. The summed E-state index contributed by atoms with van der Waals surface area (Å²) in [5.41, 5.74) is -1.11. The van der Waals surface area contributed by atoms with Crippen LogP contribution >= 0.6 is 11.9 Å². The van der Waals surface area contributed by atoms with Crippen molar-refractivity contribution in [2.24, 2.45) is 0 Å². The van der Waals surface area contributed by atoms with Crippen LogP contribution in [-0.4, -0.2) is 9.73 Å². The van der Waals surface area contributed by atoms with Gasteiger partial charge in [0.05, 0.1) is 5.56 Å². The summed E-state index contributed by atoms with van der Waals surface area (Å²) in [6, 6.07) is 1.10. The predicted octanol–water partition coefficient (Wildman–Crippen LogP) is 2.79. The van der Waals surface area contributed by atoms with Gasteiger partial charge in [0.2, 0.25) is 0 Å². The van der Waals surface area contributed by atoms with Gasteiger partial charge in [-0.1, -0.05) is 6.92 Å². The van der Waals surface area contributed by atoms with Gasteiger partial charge in [-0.25, -0.2) is 0 Å². The van der Waals surface area contributed by atoms with Crippen molar-refractivity contribution in [3.63, 3.8) is 0 Å². The van der Waals surface area contributed by atoms with Gasteiger partial charge in [0.1, 0.15) is 0 Å². The molecule has 0 bridgehead atoms. The number of fused-ring (bicyclic) bond motifs is 1. The molecule has 1 aromatic rings. The highest BCUT2D eigenvalue weighted by atomic mass is 32.2. The Hall–Kier alpha value is -0.910. The molecule has 1 atom stereocenters. The van der Waals surface area contributed by atoms with Crippen LogP contribution in [0.5, 0.6) is 0 Å². The van der Waals surface area contributed by atoms with Crippen molar-refractivity contribution in [3.05, 3.63) is 33.2 Å². The fraction of sp³-hybridized carbons (Fsp3) is 0.500. The molecule has 2 heterocycles. The van der Waals surface area contributed by atoms with Crippen molar-refractivity contribution >= 4 is 11.9 Å². The SMILES string of the molecule is Cc1c(C(F)(F)F)cc2n(c1=O)SCC2C. The smallest absolute Gasteiger partial charge is 0.268 e. The van der Waals surface area contributed by atoms with Crippen molar-refractivity contribution in [1.82, 2.24) is 3.97 Å². The minimum absolute atomic E-state index is 0.0144. The first kappa shape index (κ1) is 11.6. The van der Waals surface area contributed by atoms with Crippen molar-refractivity contribution in [2.45, 2.75) is 25.9 Å².